The summed E-state index contributed by atoms with van der Waals surface area (Å²) in [7, 11) is 0. The molecule has 6 unspecified atom stereocenters. The molecule has 4 aromatic carbocycles. The van der Waals surface area contributed by atoms with E-state index in [2.05, 4.69) is 21.3 Å². The van der Waals surface area contributed by atoms with E-state index >= 15 is 0 Å². The highest BCUT2D eigenvalue weighted by molar-refractivity contribution is 5.90. The second kappa shape index (κ2) is 29.3. The van der Waals surface area contributed by atoms with Crippen LogP contribution in [0.5, 0.6) is 11.6 Å². The van der Waals surface area contributed by atoms with Gasteiger partial charge >= 0.3 is 6.09 Å². The number of ether oxygens (including phenoxy) is 3. The number of aliphatic hydroxyl groups excluding tert-OH is 5. The number of amides is 4. The molecule has 75 heavy (non-hydrogen) atoms. The average Bonchev–Trinajstić information content (AvgIpc) is 3.40. The average molecular weight is 1030 g/mol. The summed E-state index contributed by atoms with van der Waals surface area (Å²) in [5, 5.41) is 60.2. The van der Waals surface area contributed by atoms with Gasteiger partial charge in [-0.1, -0.05) is 117 Å². The van der Waals surface area contributed by atoms with Crippen LogP contribution in [-0.2, 0) is 32.1 Å². The van der Waals surface area contributed by atoms with E-state index in [-0.39, 0.29) is 25.3 Å². The highest BCUT2D eigenvalue weighted by Gasteiger charge is 2.33. The fourth-order valence-electron chi connectivity index (χ4n) is 7.89. The minimum Gasteiger partial charge on any atom is -0.489 e. The van der Waals surface area contributed by atoms with E-state index in [4.69, 9.17) is 24.3 Å². The Kier molecular flexibility index (Phi) is 23.0. The molecular weight excluding hydrogens is 959 g/mol. The van der Waals surface area contributed by atoms with Gasteiger partial charge < -0.3 is 61.0 Å². The van der Waals surface area contributed by atoms with Crippen LogP contribution in [0.4, 0.5) is 4.79 Å². The van der Waals surface area contributed by atoms with Gasteiger partial charge in [0.1, 0.15) is 48.4 Å². The fourth-order valence-corrected chi connectivity index (χ4v) is 7.89. The zero-order chi connectivity index (χ0) is 54.4. The molecule has 0 spiro atoms. The molecule has 0 fully saturated rings. The van der Waals surface area contributed by atoms with Crippen LogP contribution in [0.15, 0.2) is 127 Å². The monoisotopic (exact) mass is 1030 g/mol. The Hall–Kier alpha value is -6.89. The largest absolute Gasteiger partial charge is 0.489 e. The Morgan fingerprint density at radius 1 is 0.613 bits per heavy atom. The van der Waals surface area contributed by atoms with Crippen LogP contribution in [0.1, 0.15) is 84.3 Å². The van der Waals surface area contributed by atoms with E-state index in [1.807, 2.05) is 141 Å². The number of pyridine rings is 1. The van der Waals surface area contributed by atoms with Crippen LogP contribution in [0, 0.1) is 5.41 Å². The van der Waals surface area contributed by atoms with Gasteiger partial charge in [0, 0.05) is 36.6 Å². The lowest BCUT2D eigenvalue weighted by molar-refractivity contribution is -0.134. The zero-order valence-electron chi connectivity index (χ0n) is 43.6. The van der Waals surface area contributed by atoms with Crippen LogP contribution in [-0.4, -0.2) is 123 Å². The molecule has 0 saturated heterocycles. The first kappa shape index (κ1) is 59.0. The van der Waals surface area contributed by atoms with Crippen molar-refractivity contribution in [2.24, 2.45) is 5.41 Å². The Balaban J connectivity index is 1.19. The van der Waals surface area contributed by atoms with Crippen molar-refractivity contribution in [3.05, 3.63) is 139 Å². The molecule has 0 aliphatic rings. The molecule has 6 atom stereocenters. The molecule has 1 heterocycles. The number of aromatic nitrogens is 1. The Labute approximate surface area is 440 Å². The van der Waals surface area contributed by atoms with Crippen molar-refractivity contribution in [3.63, 3.8) is 0 Å². The Morgan fingerprint density at radius 3 is 1.87 bits per heavy atom. The van der Waals surface area contributed by atoms with Crippen LogP contribution in [0.25, 0.3) is 22.4 Å². The number of alkyl carbamates (subject to hydrolysis) is 1. The summed E-state index contributed by atoms with van der Waals surface area (Å²) in [6.45, 7) is 8.17. The minimum atomic E-state index is -1.90. The van der Waals surface area contributed by atoms with E-state index in [1.165, 1.54) is 0 Å². The SMILES string of the molecule is CC(C)(C)OC(=O)NC(CCCCNC(=O)C(Cc1ccc(OCc2ccccc2)cc1)NC(=O)C(C)(C)CCCCOc1cc(-c2ccccc2)cc(-c2ccccc2)n1)C(=O)NCC(O)C(O)C(O)C(O)CO. The maximum absolute atomic E-state index is 14.1. The molecule has 5 aromatic rings. The lowest BCUT2D eigenvalue weighted by atomic mass is 9.85. The van der Waals surface area contributed by atoms with Gasteiger partial charge in [0.15, 0.2) is 0 Å². The van der Waals surface area contributed by atoms with Gasteiger partial charge in [-0.15, -0.1) is 0 Å². The van der Waals surface area contributed by atoms with Gasteiger partial charge in [-0.05, 0) is 99.7 Å². The van der Waals surface area contributed by atoms with Gasteiger partial charge in [-0.25, -0.2) is 9.78 Å². The van der Waals surface area contributed by atoms with E-state index < -0.39 is 78.6 Å². The number of hydrogen-bond donors (Lipinski definition) is 9. The number of nitrogens with zero attached hydrogens (tertiary/aromatic N) is 1. The normalized spacial score (nSPS) is 14.0. The molecule has 0 aliphatic heterocycles. The maximum Gasteiger partial charge on any atom is 0.408 e. The topological polar surface area (TPSA) is 258 Å². The number of carbonyl (C=O) groups is 4. The number of hydrogen-bond acceptors (Lipinski definition) is 13. The van der Waals surface area contributed by atoms with Gasteiger partial charge in [-0.3, -0.25) is 14.4 Å². The third-order valence-corrected chi connectivity index (χ3v) is 12.3. The summed E-state index contributed by atoms with van der Waals surface area (Å²) < 4.78 is 17.5. The number of rotatable bonds is 29. The van der Waals surface area contributed by atoms with Crippen molar-refractivity contribution in [1.82, 2.24) is 26.3 Å². The Bertz CT molecular complexity index is 2470. The van der Waals surface area contributed by atoms with Crippen molar-refractivity contribution in [2.75, 3.05) is 26.3 Å². The molecule has 404 valence electrons. The molecule has 1 aromatic heterocycles. The van der Waals surface area contributed by atoms with Crippen LogP contribution in [0.3, 0.4) is 0 Å². The van der Waals surface area contributed by atoms with Gasteiger partial charge in [0.2, 0.25) is 23.6 Å². The fraction of sp³-hybridized carbons (Fsp3) is 0.431. The summed E-state index contributed by atoms with van der Waals surface area (Å²) in [6, 6.07) is 39.0. The number of nitrogens with one attached hydrogen (secondary N) is 4. The molecule has 0 aliphatic carbocycles. The molecule has 17 nitrogen and oxygen atoms in total. The van der Waals surface area contributed by atoms with E-state index in [1.54, 1.807) is 20.8 Å². The lowest BCUT2D eigenvalue weighted by Gasteiger charge is -2.27. The first-order valence-electron chi connectivity index (χ1n) is 25.5. The number of aliphatic hydroxyl groups is 5. The van der Waals surface area contributed by atoms with Gasteiger partial charge in [-0.2, -0.15) is 0 Å². The number of benzene rings is 4. The van der Waals surface area contributed by atoms with Crippen molar-refractivity contribution < 1.29 is 58.9 Å². The molecule has 4 amide bonds. The van der Waals surface area contributed by atoms with E-state index in [9.17, 15) is 39.6 Å². The lowest BCUT2D eigenvalue weighted by Crippen LogP contribution is -2.53. The van der Waals surface area contributed by atoms with Crippen molar-refractivity contribution in [1.29, 1.82) is 0 Å². The molecular formula is C58H75N5O12. The van der Waals surface area contributed by atoms with Crippen LogP contribution >= 0.6 is 0 Å². The molecule has 0 bridgehead atoms. The Morgan fingerprint density at radius 2 is 1.23 bits per heavy atom. The second-order valence-electron chi connectivity index (χ2n) is 20.2. The van der Waals surface area contributed by atoms with E-state index in [0.717, 1.165) is 33.5 Å². The molecule has 17 heteroatoms. The summed E-state index contributed by atoms with van der Waals surface area (Å²) in [5.74, 6) is -0.295. The van der Waals surface area contributed by atoms with Gasteiger partial charge in [0.25, 0.3) is 0 Å². The quantitative estimate of drug-likeness (QED) is 0.0248. The first-order valence-corrected chi connectivity index (χ1v) is 25.5. The van der Waals surface area contributed by atoms with E-state index in [0.29, 0.717) is 56.9 Å². The van der Waals surface area contributed by atoms with Crippen LogP contribution in [0.2, 0.25) is 0 Å². The summed E-state index contributed by atoms with van der Waals surface area (Å²) in [4.78, 5) is 58.9. The molecule has 0 saturated carbocycles. The number of unbranched alkanes of at least 4 members (excludes halogenated alkanes) is 2. The predicted octanol–water partition coefficient (Wildman–Crippen LogP) is 6.03. The minimum absolute atomic E-state index is 0.0782. The van der Waals surface area contributed by atoms with Gasteiger partial charge in [0.05, 0.1) is 25.0 Å². The maximum atomic E-state index is 14.1. The molecule has 5 rings (SSSR count). The summed E-state index contributed by atoms with van der Waals surface area (Å²) in [6.07, 6.45) is -5.36. The van der Waals surface area contributed by atoms with Crippen molar-refractivity contribution in [3.8, 4) is 34.0 Å². The summed E-state index contributed by atoms with van der Waals surface area (Å²) >= 11 is 0. The number of carbonyl (C=O) groups excluding carboxylic acids is 4. The second-order valence-corrected chi connectivity index (χ2v) is 20.2. The highest BCUT2D eigenvalue weighted by Crippen LogP contribution is 2.30. The third-order valence-electron chi connectivity index (χ3n) is 12.3. The van der Waals surface area contributed by atoms with Crippen molar-refractivity contribution in [2.45, 2.75) is 128 Å². The summed E-state index contributed by atoms with van der Waals surface area (Å²) in [5.41, 5.74) is 3.87. The predicted molar refractivity (Wildman–Crippen MR) is 285 cm³/mol. The third kappa shape index (κ3) is 20.1. The first-order chi connectivity index (χ1) is 35.8. The molecule has 9 N–H and O–H groups in total. The van der Waals surface area contributed by atoms with Crippen LogP contribution < -0.4 is 30.7 Å². The smallest absolute Gasteiger partial charge is 0.408 e. The molecule has 0 radical (unpaired) electrons. The van der Waals surface area contributed by atoms with Crippen molar-refractivity contribution >= 4 is 23.8 Å². The zero-order valence-corrected chi connectivity index (χ0v) is 43.6. The standard InChI is InChI=1S/C58H75N5O12/c1-57(2,3)75-56(72)63-45(53(69)60-36-48(65)51(67)52(68)49(66)37-64)25-15-17-31-59-54(70)47(33-39-26-28-44(29-27-39)74-38-40-19-9-6-10-20-40)62-55(71)58(4,5)30-16-18-32-73-50-35-43(41-21-11-7-12-22-41)34-46(61-50)42-23-13-8-14-24-42/h6-14,19-24,26-29,34-35,45,47-49,51-52,64-68H,15-18,25,30-33,36-38H2,1-5H3,(H,59,70)(H,60,69)(H,62,71)(H,63,72). The highest BCUT2D eigenvalue weighted by atomic mass is 16.6.